The van der Waals surface area contributed by atoms with E-state index >= 15 is 0 Å². The Balaban J connectivity index is 2.18. The van der Waals surface area contributed by atoms with Gasteiger partial charge in [-0.05, 0) is 19.3 Å². The zero-order valence-electron chi connectivity index (χ0n) is 9.13. The minimum atomic E-state index is 0.352. The van der Waals surface area contributed by atoms with Gasteiger partial charge < -0.3 is 10.6 Å². The molecule has 0 spiro atoms. The molecule has 5 heteroatoms. The van der Waals surface area contributed by atoms with Gasteiger partial charge in [-0.3, -0.25) is 0 Å². The molecular formula is C11H15N5. The van der Waals surface area contributed by atoms with Crippen molar-refractivity contribution in [3.8, 4) is 6.07 Å². The van der Waals surface area contributed by atoms with E-state index in [2.05, 4.69) is 14.9 Å². The highest BCUT2D eigenvalue weighted by Crippen LogP contribution is 2.21. The first-order valence-electron chi connectivity index (χ1n) is 5.54. The molecule has 2 N–H and O–H groups in total. The van der Waals surface area contributed by atoms with E-state index in [1.54, 1.807) is 6.20 Å². The topological polar surface area (TPSA) is 78.8 Å². The molecule has 2 heterocycles. The van der Waals surface area contributed by atoms with Crippen molar-refractivity contribution in [1.82, 2.24) is 9.97 Å². The Morgan fingerprint density at radius 2 is 2.31 bits per heavy atom. The van der Waals surface area contributed by atoms with E-state index in [-0.39, 0.29) is 0 Å². The Morgan fingerprint density at radius 3 is 2.94 bits per heavy atom. The number of nitrogens with zero attached hydrogens (tertiary/aromatic N) is 4. The molecule has 0 saturated carbocycles. The van der Waals surface area contributed by atoms with Crippen LogP contribution in [0.2, 0.25) is 0 Å². The highest BCUT2D eigenvalue weighted by molar-refractivity contribution is 5.39. The van der Waals surface area contributed by atoms with Gasteiger partial charge in [-0.2, -0.15) is 5.26 Å². The van der Waals surface area contributed by atoms with Gasteiger partial charge in [0.25, 0.3) is 0 Å². The van der Waals surface area contributed by atoms with Gasteiger partial charge in [0.1, 0.15) is 11.9 Å². The van der Waals surface area contributed by atoms with Crippen molar-refractivity contribution in [2.75, 3.05) is 18.0 Å². The van der Waals surface area contributed by atoms with Crippen LogP contribution in [0.25, 0.3) is 0 Å². The van der Waals surface area contributed by atoms with Gasteiger partial charge in [-0.25, -0.2) is 9.97 Å². The maximum absolute atomic E-state index is 8.65. The summed E-state index contributed by atoms with van der Waals surface area (Å²) in [5, 5.41) is 8.65. The maximum atomic E-state index is 8.65. The molecule has 2 rings (SSSR count). The lowest BCUT2D eigenvalue weighted by atomic mass is 10.0. The second kappa shape index (κ2) is 4.90. The van der Waals surface area contributed by atoms with E-state index in [9.17, 15) is 0 Å². The Bertz CT molecular complexity index is 380. The molecule has 1 aliphatic rings. The molecule has 1 unspecified atom stereocenters. The van der Waals surface area contributed by atoms with Crippen molar-refractivity contribution in [3.05, 3.63) is 18.1 Å². The summed E-state index contributed by atoms with van der Waals surface area (Å²) in [6.07, 6.45) is 6.67. The monoisotopic (exact) mass is 217 g/mol. The van der Waals surface area contributed by atoms with E-state index in [0.29, 0.717) is 18.3 Å². The molecule has 1 aromatic heterocycles. The quantitative estimate of drug-likeness (QED) is 0.787. The maximum Gasteiger partial charge on any atom is 0.158 e. The molecule has 0 aromatic carbocycles. The predicted octanol–water partition coefficient (Wildman–Crippen LogP) is 0.666. The lowest BCUT2D eigenvalue weighted by Gasteiger charge is -2.35. The van der Waals surface area contributed by atoms with Crippen molar-refractivity contribution >= 4 is 5.82 Å². The van der Waals surface area contributed by atoms with Gasteiger partial charge in [-0.1, -0.05) is 0 Å². The third kappa shape index (κ3) is 2.12. The summed E-state index contributed by atoms with van der Waals surface area (Å²) in [6, 6.07) is 2.32. The van der Waals surface area contributed by atoms with Crippen molar-refractivity contribution < 1.29 is 0 Å². The van der Waals surface area contributed by atoms with Gasteiger partial charge in [0, 0.05) is 19.1 Å². The molecule has 1 aliphatic heterocycles. The number of hydrogen-bond donors (Lipinski definition) is 1. The van der Waals surface area contributed by atoms with Gasteiger partial charge in [-0.15, -0.1) is 0 Å². The van der Waals surface area contributed by atoms with Crippen LogP contribution in [0, 0.1) is 11.3 Å². The number of nitrogens with two attached hydrogens (primary N) is 1. The van der Waals surface area contributed by atoms with Crippen LogP contribution in [0.4, 0.5) is 5.82 Å². The first-order valence-corrected chi connectivity index (χ1v) is 5.54. The van der Waals surface area contributed by atoms with E-state index in [1.165, 1.54) is 12.6 Å². The number of aromatic nitrogens is 2. The van der Waals surface area contributed by atoms with Crippen molar-refractivity contribution in [1.29, 1.82) is 5.26 Å². The molecule has 1 saturated heterocycles. The molecule has 0 bridgehead atoms. The fourth-order valence-corrected chi connectivity index (χ4v) is 2.07. The average Bonchev–Trinajstić information content (AvgIpc) is 2.39. The third-order valence-electron chi connectivity index (χ3n) is 2.95. The minimum Gasteiger partial charge on any atom is -0.351 e. The lowest BCUT2D eigenvalue weighted by Crippen LogP contribution is -2.44. The van der Waals surface area contributed by atoms with E-state index in [4.69, 9.17) is 11.0 Å². The summed E-state index contributed by atoms with van der Waals surface area (Å²) in [6.45, 7) is 1.62. The Morgan fingerprint density at radius 1 is 1.44 bits per heavy atom. The second-order valence-corrected chi connectivity index (χ2v) is 3.95. The van der Waals surface area contributed by atoms with E-state index < -0.39 is 0 Å². The van der Waals surface area contributed by atoms with Crippen molar-refractivity contribution in [2.45, 2.75) is 25.3 Å². The van der Waals surface area contributed by atoms with Crippen LogP contribution >= 0.6 is 0 Å². The Kier molecular flexibility index (Phi) is 3.32. The second-order valence-electron chi connectivity index (χ2n) is 3.95. The molecule has 0 amide bonds. The van der Waals surface area contributed by atoms with Crippen LogP contribution in [-0.4, -0.2) is 29.1 Å². The number of piperidine rings is 1. The molecule has 5 nitrogen and oxygen atoms in total. The zero-order valence-corrected chi connectivity index (χ0v) is 9.13. The number of nitriles is 1. The first kappa shape index (κ1) is 10.8. The van der Waals surface area contributed by atoms with E-state index in [1.807, 2.05) is 6.07 Å². The lowest BCUT2D eigenvalue weighted by molar-refractivity contribution is 0.461. The minimum absolute atomic E-state index is 0.352. The predicted molar refractivity (Wildman–Crippen MR) is 60.8 cm³/mol. The number of hydrogen-bond acceptors (Lipinski definition) is 5. The van der Waals surface area contributed by atoms with Gasteiger partial charge in [0.15, 0.2) is 5.69 Å². The summed E-state index contributed by atoms with van der Waals surface area (Å²) in [4.78, 5) is 10.5. The van der Waals surface area contributed by atoms with Gasteiger partial charge >= 0.3 is 0 Å². The summed E-state index contributed by atoms with van der Waals surface area (Å²) >= 11 is 0. The smallest absolute Gasteiger partial charge is 0.158 e. The SMILES string of the molecule is N#Cc1cnc(N2CCCCC2CN)cn1. The molecule has 1 atom stereocenters. The average molecular weight is 217 g/mol. The molecule has 16 heavy (non-hydrogen) atoms. The van der Waals surface area contributed by atoms with Crippen LogP contribution in [-0.2, 0) is 0 Å². The van der Waals surface area contributed by atoms with Crippen LogP contribution < -0.4 is 10.6 Å². The van der Waals surface area contributed by atoms with Gasteiger partial charge in [0.05, 0.1) is 12.4 Å². The zero-order chi connectivity index (χ0) is 11.4. The van der Waals surface area contributed by atoms with Crippen LogP contribution in [0.3, 0.4) is 0 Å². The molecule has 0 aliphatic carbocycles. The third-order valence-corrected chi connectivity index (χ3v) is 2.95. The molecule has 84 valence electrons. The fourth-order valence-electron chi connectivity index (χ4n) is 2.07. The van der Waals surface area contributed by atoms with Crippen LogP contribution in [0.1, 0.15) is 25.0 Å². The summed E-state index contributed by atoms with van der Waals surface area (Å²) in [5.41, 5.74) is 6.10. The molecule has 1 fully saturated rings. The molecular weight excluding hydrogens is 202 g/mol. The van der Waals surface area contributed by atoms with Crippen LogP contribution in [0.5, 0.6) is 0 Å². The van der Waals surface area contributed by atoms with Crippen molar-refractivity contribution in [3.63, 3.8) is 0 Å². The highest BCUT2D eigenvalue weighted by atomic mass is 15.2. The van der Waals surface area contributed by atoms with Crippen molar-refractivity contribution in [2.24, 2.45) is 5.73 Å². The number of anilines is 1. The molecule has 1 aromatic rings. The summed E-state index contributed by atoms with van der Waals surface area (Å²) in [7, 11) is 0. The van der Waals surface area contributed by atoms with E-state index in [0.717, 1.165) is 25.2 Å². The fraction of sp³-hybridized carbons (Fsp3) is 0.545. The standard InChI is InChI=1S/C11H15N5/c12-5-9-7-15-11(8-14-9)16-4-2-1-3-10(16)6-13/h7-8,10H,1-4,6,13H2. The molecule has 0 radical (unpaired) electrons. The number of rotatable bonds is 2. The first-order chi connectivity index (χ1) is 7.85. The van der Waals surface area contributed by atoms with Gasteiger partial charge in [0.2, 0.25) is 0 Å². The Hall–Kier alpha value is -1.67. The normalized spacial score (nSPS) is 20.5. The largest absolute Gasteiger partial charge is 0.351 e. The highest BCUT2D eigenvalue weighted by Gasteiger charge is 2.22. The summed E-state index contributed by atoms with van der Waals surface area (Å²) in [5.74, 6) is 0.828. The van der Waals surface area contributed by atoms with Crippen LogP contribution in [0.15, 0.2) is 12.4 Å². The Labute approximate surface area is 94.9 Å². The summed E-state index contributed by atoms with van der Waals surface area (Å²) < 4.78 is 0.